The van der Waals surface area contributed by atoms with Gasteiger partial charge in [0.2, 0.25) is 0 Å². The molecule has 13 aromatic carbocycles. The van der Waals surface area contributed by atoms with Crippen molar-refractivity contribution in [2.24, 2.45) is 0 Å². The van der Waals surface area contributed by atoms with Crippen molar-refractivity contribution in [1.82, 2.24) is 14.1 Å². The molecule has 3 aromatic heterocycles. The molecule has 16 rings (SSSR count). The monoisotopic (exact) mass is 1480 g/mol. The summed E-state index contributed by atoms with van der Waals surface area (Å²) in [6.45, 7) is 6.14. The second-order valence-corrected chi connectivity index (χ2v) is 29.6. The summed E-state index contributed by atoms with van der Waals surface area (Å²) in [5, 5.41) is -8.07. The zero-order valence-corrected chi connectivity index (χ0v) is 54.7. The zero-order valence-electron chi connectivity index (χ0n) is 89.4. The second-order valence-electron chi connectivity index (χ2n) is 22.5. The third-order valence-electron chi connectivity index (χ3n) is 16.2. The first kappa shape index (κ1) is 31.6. The van der Waals surface area contributed by atoms with E-state index in [9.17, 15) is 41.1 Å². The van der Waals surface area contributed by atoms with Gasteiger partial charge in [0.1, 0.15) is 5.82 Å². The topological polar surface area (TPSA) is 35.9 Å². The van der Waals surface area contributed by atoms with Gasteiger partial charge in [0.25, 0.3) is 6.33 Å². The molecule has 0 aliphatic heterocycles. The van der Waals surface area contributed by atoms with Crippen LogP contribution in [0.15, 0.2) is 345 Å². The number of fused-ring (bicyclic) bond motifs is 4. The van der Waals surface area contributed by atoms with Gasteiger partial charge in [-0.15, -0.1) is 29.7 Å². The molecule has 464 valence electrons. The van der Waals surface area contributed by atoms with E-state index in [1.54, 1.807) is 18.3 Å². The first-order valence-corrected chi connectivity index (χ1v) is 33.3. The van der Waals surface area contributed by atoms with Gasteiger partial charge in [-0.3, -0.25) is 4.57 Å². The molecule has 0 spiro atoms. The van der Waals surface area contributed by atoms with Crippen molar-refractivity contribution in [3.8, 4) is 50.9 Å². The smallest absolute Gasteiger partial charge is 0.268 e. The average Bonchev–Trinajstić information content (AvgIpc) is 1.62. The fourth-order valence-corrected chi connectivity index (χ4v) is 19.6. The van der Waals surface area contributed by atoms with Crippen LogP contribution in [0, 0.1) is 18.5 Å². The molecule has 16 aromatic rings. The Labute approximate surface area is 632 Å². The Hall–Kier alpha value is -10.8. The van der Waals surface area contributed by atoms with Crippen molar-refractivity contribution in [2.45, 2.75) is 26.2 Å². The molecule has 96 heavy (non-hydrogen) atoms. The number of hydrogen-bond donors (Lipinski definition) is 0. The van der Waals surface area contributed by atoms with Gasteiger partial charge in [-0.1, -0.05) is 310 Å². The molecule has 0 aliphatic rings. The van der Waals surface area contributed by atoms with Gasteiger partial charge in [0.05, 0.1) is 70.2 Å². The van der Waals surface area contributed by atoms with Crippen LogP contribution in [-0.2, 0) is 26.5 Å². The van der Waals surface area contributed by atoms with Crippen molar-refractivity contribution in [1.29, 1.82) is 0 Å². The molecule has 0 aliphatic carbocycles. The molecule has 8 heteroatoms. The Balaban J connectivity index is 0.0000139. The van der Waals surface area contributed by atoms with Crippen LogP contribution in [-0.4, -0.2) is 30.3 Å². The van der Waals surface area contributed by atoms with E-state index in [0.717, 1.165) is 44.6 Å². The van der Waals surface area contributed by atoms with E-state index in [1.807, 2.05) is 61.7 Å². The Morgan fingerprint density at radius 2 is 0.979 bits per heavy atom. The second kappa shape index (κ2) is 25.8. The van der Waals surface area contributed by atoms with Crippen molar-refractivity contribution in [3.05, 3.63) is 369 Å². The number of benzene rings is 13. The zero-order chi connectivity index (χ0) is 97.9. The SMILES string of the molecule is [2H]c1c([2H])c([2H])c(-c2ccc3c(c2)n(-c2[c-]c(Oc4[c-]c5c(cc4)c4ccccc4n5-c4cc(C(C)(C)C)ccn4)ccc2)[c-][n+]3-c2c(-c3c([2H])c([2H])c([2H])c([Si](c4c([2H])c([2H])c([2H])c([2H])c4[2H])(c4c([2H])c([2H])c([2H])c([2H])c4[2H])c4c([2H])c([2H])c([2H])c([2H])c4[2H])c3[2H])cccc2[Si](c2c([2H])c([2H])c([2H])c([2H])c2[2H])(c2c([2H])c([2H])c([2H])c([2H])c2[2H])c2c([2H])c([2H])c([2H])c([2H])c2[2H])c([2H])c1[2H].[Pt]. The Bertz CT molecular complexity index is 7400. The number of aromatic nitrogens is 4. The minimum absolute atomic E-state index is 0. The van der Waals surface area contributed by atoms with Crippen LogP contribution in [0.25, 0.3) is 72.3 Å². The first-order valence-electron chi connectivity index (χ1n) is 48.8. The van der Waals surface area contributed by atoms with Crippen molar-refractivity contribution in [3.63, 3.8) is 0 Å². The molecule has 0 fully saturated rings. The van der Waals surface area contributed by atoms with Crippen molar-refractivity contribution >= 4 is 90.5 Å². The predicted octanol–water partition coefficient (Wildman–Crippen LogP) is 15.0. The van der Waals surface area contributed by atoms with E-state index in [4.69, 9.17) is 22.1 Å². The van der Waals surface area contributed by atoms with Crippen LogP contribution >= 0.6 is 0 Å². The van der Waals surface area contributed by atoms with Crippen LogP contribution < -0.4 is 50.8 Å². The maximum atomic E-state index is 11.4. The fourth-order valence-electron chi connectivity index (χ4n) is 12.0. The van der Waals surface area contributed by atoms with E-state index >= 15 is 0 Å². The number of rotatable bonds is 15. The van der Waals surface area contributed by atoms with E-state index < -0.39 is 316 Å². The van der Waals surface area contributed by atoms with Gasteiger partial charge in [0.15, 0.2) is 16.1 Å². The van der Waals surface area contributed by atoms with Crippen LogP contribution in [0.1, 0.15) is 79.8 Å². The summed E-state index contributed by atoms with van der Waals surface area (Å²) in [6.07, 6.45) is 4.90. The summed E-state index contributed by atoms with van der Waals surface area (Å²) < 4.78 is 389. The molecule has 0 unspecified atom stereocenters. The molecule has 0 saturated heterocycles. The van der Waals surface area contributed by atoms with Gasteiger partial charge in [-0.25, -0.2) is 4.98 Å². The molecule has 0 bridgehead atoms. The summed E-state index contributed by atoms with van der Waals surface area (Å²) in [5.41, 5.74) is -2.55. The average molecular weight is 1490 g/mol. The molecule has 3 heterocycles. The number of hydrogen-bond acceptors (Lipinski definition) is 2. The number of pyridine rings is 1. The first-order chi connectivity index (χ1) is 62.9. The fraction of sp³-hybridized carbons (Fsp3) is 0.0455. The van der Waals surface area contributed by atoms with Gasteiger partial charge >= 0.3 is 0 Å². The van der Waals surface area contributed by atoms with Crippen LogP contribution in [0.3, 0.4) is 0 Å². The van der Waals surface area contributed by atoms with E-state index in [0.29, 0.717) is 11.3 Å². The van der Waals surface area contributed by atoms with Gasteiger partial charge in [0, 0.05) is 44.3 Å². The molecule has 0 saturated carbocycles. The number of ether oxygens (including phenoxy) is 1. The third kappa shape index (κ3) is 10.8. The summed E-state index contributed by atoms with van der Waals surface area (Å²) in [7, 11) is -13.6. The van der Waals surface area contributed by atoms with Crippen LogP contribution in [0.4, 0.5) is 0 Å². The quantitative estimate of drug-likeness (QED) is 0.0444. The minimum Gasteiger partial charge on any atom is -0.510 e. The third-order valence-corrected chi connectivity index (χ3v) is 24.5. The Kier molecular flexibility index (Phi) is 8.51. The Morgan fingerprint density at radius 1 is 0.448 bits per heavy atom. The molecule has 0 amide bonds. The molecular formula is C88H66N4OPtSi2-2. The summed E-state index contributed by atoms with van der Waals surface area (Å²) in [4.78, 5) is 4.80. The number of para-hydroxylation sites is 2. The van der Waals surface area contributed by atoms with E-state index in [2.05, 4.69) is 18.5 Å². The standard InChI is InChI=1S/C88H66N4OSi2.Pt/c1-88(2,3)67-56-57-89-86(60-67)92-81-50-26-25-48-79(81)80-54-53-70(62-83(80)92)93-69-34-28-33-68(61-69)90-63-91(82-55-52-65(59-84(82)90)64-30-11-4-12-31-64)87-78(49-29-51-85(87)95(74-41-19-8-20-42-74,75-43-21-9-22-44-75)76-45-23-10-24-46-76)66-32-27-47-77(58-66)94(71-35-13-5-14-36-71,72-37-15-6-16-38-72)73-39-17-7-18-40-73;/h4-60H,1-3H3;/q-2;/i4D,5D,6D,7D,8D,9D,10D,11D,12D,13D,14D,15D,16D,17D,18D,19D,20D,21D,22D,23D,24D,27D,30D,31D,32D,35D,36D,37D,38D,39D,40D,41D,42D,43D,44D,45D,46D,47D,58D;. The molecule has 0 atom stereocenters. The summed E-state index contributed by atoms with van der Waals surface area (Å²) in [6, 6.07) is -16.4. The molecular weight excluding hydrogens is 1380 g/mol. The summed E-state index contributed by atoms with van der Waals surface area (Å²) in [5.74, 6) is 0.464. The van der Waals surface area contributed by atoms with Gasteiger partial charge in [-0.2, -0.15) is 18.2 Å². The molecule has 5 nitrogen and oxygen atoms in total. The maximum Gasteiger partial charge on any atom is 0.268 e. The molecule has 0 radical (unpaired) electrons. The maximum absolute atomic E-state index is 11.4. The van der Waals surface area contributed by atoms with Crippen molar-refractivity contribution < 1.29 is 83.8 Å². The van der Waals surface area contributed by atoms with Crippen molar-refractivity contribution in [2.75, 3.05) is 0 Å². The van der Waals surface area contributed by atoms with Gasteiger partial charge in [-0.05, 0) is 110 Å². The van der Waals surface area contributed by atoms with Crippen LogP contribution in [0.2, 0.25) is 0 Å². The minimum atomic E-state index is -6.86. The Morgan fingerprint density at radius 3 is 1.57 bits per heavy atom. The molecule has 0 N–H and O–H groups in total. The number of nitrogens with zero attached hydrogens (tertiary/aromatic N) is 4. The van der Waals surface area contributed by atoms with E-state index in [-0.39, 0.29) is 60.3 Å². The normalized spacial score (nSPS) is 17.5. The van der Waals surface area contributed by atoms with Crippen LogP contribution in [0.5, 0.6) is 11.5 Å². The predicted molar refractivity (Wildman–Crippen MR) is 397 cm³/mol. The number of imidazole rings is 1. The largest absolute Gasteiger partial charge is 0.510 e. The van der Waals surface area contributed by atoms with E-state index in [1.165, 1.54) is 41.0 Å². The summed E-state index contributed by atoms with van der Waals surface area (Å²) >= 11 is 0. The van der Waals surface area contributed by atoms with Gasteiger partial charge < -0.3 is 13.9 Å².